The van der Waals surface area contributed by atoms with Gasteiger partial charge >= 0.3 is 0 Å². The zero-order valence-electron chi connectivity index (χ0n) is 15.1. The van der Waals surface area contributed by atoms with E-state index < -0.39 is 0 Å². The normalized spacial score (nSPS) is 24.9. The first-order valence-electron chi connectivity index (χ1n) is 9.02. The molecule has 2 saturated heterocycles. The zero-order valence-corrected chi connectivity index (χ0v) is 18.2. The molecule has 1 N–H and O–H groups in total. The molecule has 136 valence electrons. The number of thioether (sulfide) groups is 1. The monoisotopic (exact) mass is 454 g/mol. The van der Waals surface area contributed by atoms with Crippen LogP contribution in [0.1, 0.15) is 39.5 Å². The van der Waals surface area contributed by atoms with Crippen molar-refractivity contribution in [3.8, 4) is 0 Å². The molecule has 2 aliphatic rings. The highest BCUT2D eigenvalue weighted by atomic mass is 127. The van der Waals surface area contributed by atoms with Crippen LogP contribution in [0.3, 0.4) is 0 Å². The summed E-state index contributed by atoms with van der Waals surface area (Å²) in [4.78, 5) is 9.58. The topological polar surface area (TPSA) is 30.9 Å². The van der Waals surface area contributed by atoms with E-state index in [9.17, 15) is 0 Å². The van der Waals surface area contributed by atoms with Crippen LogP contribution in [-0.2, 0) is 0 Å². The molecule has 0 aromatic heterocycles. The summed E-state index contributed by atoms with van der Waals surface area (Å²) in [5, 5.41) is 4.38. The lowest BCUT2D eigenvalue weighted by molar-refractivity contribution is 0.200. The van der Waals surface area contributed by atoms with Gasteiger partial charge in [-0.3, -0.25) is 4.99 Å². The van der Waals surface area contributed by atoms with E-state index >= 15 is 0 Å². The third-order valence-electron chi connectivity index (χ3n) is 4.73. The number of hydrogen-bond donors (Lipinski definition) is 1. The molecule has 23 heavy (non-hydrogen) atoms. The molecule has 0 aromatic rings. The van der Waals surface area contributed by atoms with Crippen LogP contribution in [0.15, 0.2) is 4.99 Å². The minimum absolute atomic E-state index is 0. The fourth-order valence-electron chi connectivity index (χ4n) is 3.40. The molecule has 2 atom stereocenters. The number of hydrogen-bond acceptors (Lipinski definition) is 3. The summed E-state index contributed by atoms with van der Waals surface area (Å²) in [6.07, 6.45) is 5.43. The van der Waals surface area contributed by atoms with E-state index in [-0.39, 0.29) is 24.0 Å². The summed E-state index contributed by atoms with van der Waals surface area (Å²) in [6.45, 7) is 11.7. The Balaban J connectivity index is 0.00000264. The molecule has 2 rings (SSSR count). The van der Waals surface area contributed by atoms with Gasteiger partial charge in [-0.05, 0) is 38.3 Å². The fourth-order valence-corrected chi connectivity index (χ4v) is 4.58. The molecule has 0 aliphatic carbocycles. The predicted molar refractivity (Wildman–Crippen MR) is 114 cm³/mol. The minimum Gasteiger partial charge on any atom is -0.356 e. The van der Waals surface area contributed by atoms with E-state index in [1.165, 1.54) is 51.1 Å². The van der Waals surface area contributed by atoms with Crippen LogP contribution in [0, 0.1) is 5.92 Å². The van der Waals surface area contributed by atoms with Crippen molar-refractivity contribution in [2.45, 2.75) is 44.8 Å². The molecule has 2 heterocycles. The Bertz CT molecular complexity index is 347. The van der Waals surface area contributed by atoms with Crippen molar-refractivity contribution < 1.29 is 0 Å². The molecule has 2 unspecified atom stereocenters. The molecular weight excluding hydrogens is 419 g/mol. The van der Waals surface area contributed by atoms with Crippen molar-refractivity contribution in [2.75, 3.05) is 52.1 Å². The first kappa shape index (κ1) is 21.4. The Kier molecular flexibility index (Phi) is 10.9. The van der Waals surface area contributed by atoms with Crippen LogP contribution in [0.5, 0.6) is 0 Å². The lowest BCUT2D eigenvalue weighted by atomic mass is 10.1. The highest BCUT2D eigenvalue weighted by molar-refractivity contribution is 14.0. The van der Waals surface area contributed by atoms with Gasteiger partial charge in [-0.2, -0.15) is 11.8 Å². The molecule has 0 spiro atoms. The summed E-state index contributed by atoms with van der Waals surface area (Å²) in [6, 6.07) is 0. The Hall–Kier alpha value is 0.310. The van der Waals surface area contributed by atoms with Crippen molar-refractivity contribution in [1.82, 2.24) is 15.1 Å². The van der Waals surface area contributed by atoms with Crippen molar-refractivity contribution in [3.05, 3.63) is 0 Å². The number of likely N-dealkylation sites (tertiary alicyclic amines) is 1. The number of halogens is 1. The van der Waals surface area contributed by atoms with Gasteiger partial charge in [0.2, 0.25) is 0 Å². The van der Waals surface area contributed by atoms with Gasteiger partial charge in [0, 0.05) is 44.2 Å². The molecule has 0 radical (unpaired) electrons. The average Bonchev–Trinajstić information content (AvgIpc) is 2.56. The highest BCUT2D eigenvalue weighted by Gasteiger charge is 2.22. The molecule has 4 nitrogen and oxygen atoms in total. The first-order valence-corrected chi connectivity index (χ1v) is 10.1. The lowest BCUT2D eigenvalue weighted by Gasteiger charge is -2.35. The van der Waals surface area contributed by atoms with Gasteiger partial charge in [0.1, 0.15) is 0 Å². The van der Waals surface area contributed by atoms with Gasteiger partial charge in [-0.25, -0.2) is 0 Å². The van der Waals surface area contributed by atoms with E-state index in [1.807, 2.05) is 7.05 Å². The number of nitrogens with one attached hydrogen (secondary N) is 1. The van der Waals surface area contributed by atoms with Crippen LogP contribution in [0.2, 0.25) is 0 Å². The van der Waals surface area contributed by atoms with Gasteiger partial charge in [0.25, 0.3) is 0 Å². The smallest absolute Gasteiger partial charge is 0.193 e. The van der Waals surface area contributed by atoms with Gasteiger partial charge in [0.15, 0.2) is 5.96 Å². The minimum atomic E-state index is 0. The molecule has 0 bridgehead atoms. The first-order chi connectivity index (χ1) is 10.7. The van der Waals surface area contributed by atoms with Crippen molar-refractivity contribution in [2.24, 2.45) is 10.9 Å². The second-order valence-corrected chi connectivity index (χ2v) is 8.15. The van der Waals surface area contributed by atoms with Gasteiger partial charge in [0.05, 0.1) is 0 Å². The zero-order chi connectivity index (χ0) is 15.8. The molecule has 0 saturated carbocycles. The summed E-state index contributed by atoms with van der Waals surface area (Å²) in [7, 11) is 1.92. The van der Waals surface area contributed by atoms with Crippen LogP contribution < -0.4 is 5.32 Å². The van der Waals surface area contributed by atoms with Crippen LogP contribution in [0.4, 0.5) is 0 Å². The molecular formula is C17H35IN4S. The third kappa shape index (κ3) is 7.38. The molecule has 0 amide bonds. The fraction of sp³-hybridized carbons (Fsp3) is 0.941. The summed E-state index contributed by atoms with van der Waals surface area (Å²) in [5.41, 5.74) is 0. The number of piperidine rings is 1. The summed E-state index contributed by atoms with van der Waals surface area (Å²) in [5.74, 6) is 3.00. The number of guanidine groups is 1. The van der Waals surface area contributed by atoms with Gasteiger partial charge in [-0.15, -0.1) is 24.0 Å². The SMILES string of the molecule is CCC1CN(C(=NC)NCC(C)CN2CCCCC2)CCS1.I. The van der Waals surface area contributed by atoms with Gasteiger partial charge in [-0.1, -0.05) is 20.3 Å². The summed E-state index contributed by atoms with van der Waals surface area (Å²) >= 11 is 2.11. The van der Waals surface area contributed by atoms with E-state index in [4.69, 9.17) is 0 Å². The van der Waals surface area contributed by atoms with Crippen LogP contribution in [-0.4, -0.2) is 73.1 Å². The number of nitrogens with zero attached hydrogens (tertiary/aromatic N) is 3. The second kappa shape index (κ2) is 11.8. The lowest BCUT2D eigenvalue weighted by Crippen LogP contribution is -2.49. The Labute approximate surface area is 164 Å². The second-order valence-electron chi connectivity index (χ2n) is 6.74. The Morgan fingerprint density at radius 3 is 2.65 bits per heavy atom. The maximum atomic E-state index is 4.51. The van der Waals surface area contributed by atoms with Crippen LogP contribution >= 0.6 is 35.7 Å². The van der Waals surface area contributed by atoms with Crippen LogP contribution in [0.25, 0.3) is 0 Å². The molecule has 2 fully saturated rings. The largest absolute Gasteiger partial charge is 0.356 e. The third-order valence-corrected chi connectivity index (χ3v) is 6.10. The Morgan fingerprint density at radius 2 is 2.00 bits per heavy atom. The van der Waals surface area contributed by atoms with Crippen molar-refractivity contribution in [3.63, 3.8) is 0 Å². The van der Waals surface area contributed by atoms with Gasteiger partial charge < -0.3 is 15.1 Å². The van der Waals surface area contributed by atoms with E-state index in [0.29, 0.717) is 5.92 Å². The van der Waals surface area contributed by atoms with E-state index in [1.54, 1.807) is 0 Å². The van der Waals surface area contributed by atoms with E-state index in [2.05, 4.69) is 45.7 Å². The number of aliphatic imine (C=N–C) groups is 1. The molecule has 2 aliphatic heterocycles. The van der Waals surface area contributed by atoms with E-state index in [0.717, 1.165) is 30.8 Å². The predicted octanol–water partition coefficient (Wildman–Crippen LogP) is 3.13. The average molecular weight is 454 g/mol. The number of rotatable bonds is 5. The summed E-state index contributed by atoms with van der Waals surface area (Å²) < 4.78 is 0. The molecule has 6 heteroatoms. The van der Waals surface area contributed by atoms with Crippen molar-refractivity contribution in [1.29, 1.82) is 0 Å². The standard InChI is InChI=1S/C17H34N4S.HI/c1-4-16-14-21(10-11-22-16)17(18-3)19-12-15(2)13-20-8-6-5-7-9-20;/h15-16H,4-14H2,1-3H3,(H,18,19);1H. The molecule has 0 aromatic carbocycles. The highest BCUT2D eigenvalue weighted by Crippen LogP contribution is 2.21. The van der Waals surface area contributed by atoms with Crippen molar-refractivity contribution >= 4 is 41.7 Å². The maximum Gasteiger partial charge on any atom is 0.193 e. The quantitative estimate of drug-likeness (QED) is 0.393. The maximum absolute atomic E-state index is 4.51. The Morgan fingerprint density at radius 1 is 1.26 bits per heavy atom.